The Morgan fingerprint density at radius 1 is 0.957 bits per heavy atom. The lowest BCUT2D eigenvalue weighted by Gasteiger charge is -2.19. The minimum absolute atomic E-state index is 0.0610. The zero-order chi connectivity index (χ0) is 16.9. The van der Waals surface area contributed by atoms with Gasteiger partial charge in [-0.15, -0.1) is 0 Å². The van der Waals surface area contributed by atoms with E-state index in [1.165, 1.54) is 5.56 Å². The van der Waals surface area contributed by atoms with Crippen molar-refractivity contribution in [3.63, 3.8) is 0 Å². The van der Waals surface area contributed by atoms with Crippen LogP contribution in [0.4, 0.5) is 5.69 Å². The molecule has 0 aliphatic carbocycles. The third-order valence-corrected chi connectivity index (χ3v) is 3.54. The van der Waals surface area contributed by atoms with Crippen LogP contribution in [0.2, 0.25) is 0 Å². The SMILES string of the molecule is CC(C)(C)c1ccc(C(=O)NC(=S)NNc2ccccc2)cc1. The molecular weight excluding hydrogens is 306 g/mol. The molecule has 0 spiro atoms. The van der Waals surface area contributed by atoms with Gasteiger partial charge in [-0.2, -0.15) is 0 Å². The molecule has 2 rings (SSSR count). The van der Waals surface area contributed by atoms with Crippen molar-refractivity contribution in [2.24, 2.45) is 0 Å². The van der Waals surface area contributed by atoms with Gasteiger partial charge in [-0.3, -0.25) is 21.0 Å². The molecule has 4 nitrogen and oxygen atoms in total. The minimum Gasteiger partial charge on any atom is -0.299 e. The van der Waals surface area contributed by atoms with Crippen LogP contribution in [0.3, 0.4) is 0 Å². The molecule has 0 saturated carbocycles. The highest BCUT2D eigenvalue weighted by atomic mass is 32.1. The highest BCUT2D eigenvalue weighted by Gasteiger charge is 2.14. The second kappa shape index (κ2) is 7.24. The quantitative estimate of drug-likeness (QED) is 0.595. The zero-order valence-corrected chi connectivity index (χ0v) is 14.3. The van der Waals surface area contributed by atoms with Gasteiger partial charge in [-0.05, 0) is 47.5 Å². The summed E-state index contributed by atoms with van der Waals surface area (Å²) in [6.07, 6.45) is 0. The number of nitrogens with one attached hydrogen (secondary N) is 3. The lowest BCUT2D eigenvalue weighted by molar-refractivity contribution is 0.0977. The molecule has 0 unspecified atom stereocenters. The molecule has 2 aromatic carbocycles. The van der Waals surface area contributed by atoms with Gasteiger partial charge in [0.15, 0.2) is 5.11 Å². The van der Waals surface area contributed by atoms with Crippen LogP contribution >= 0.6 is 12.2 Å². The monoisotopic (exact) mass is 327 g/mol. The van der Waals surface area contributed by atoms with Crippen molar-refractivity contribution in [2.75, 3.05) is 5.43 Å². The van der Waals surface area contributed by atoms with E-state index < -0.39 is 0 Å². The molecular formula is C18H21N3OS. The predicted octanol–water partition coefficient (Wildman–Crippen LogP) is 3.62. The van der Waals surface area contributed by atoms with Crippen molar-refractivity contribution < 1.29 is 4.79 Å². The van der Waals surface area contributed by atoms with Crippen LogP contribution < -0.4 is 16.2 Å². The summed E-state index contributed by atoms with van der Waals surface area (Å²) in [6, 6.07) is 17.1. The maximum Gasteiger partial charge on any atom is 0.257 e. The van der Waals surface area contributed by atoms with Gasteiger partial charge in [0.1, 0.15) is 0 Å². The molecule has 0 bridgehead atoms. The molecule has 0 aliphatic rings. The first-order valence-electron chi connectivity index (χ1n) is 7.39. The first kappa shape index (κ1) is 17.0. The Labute approximate surface area is 142 Å². The van der Waals surface area contributed by atoms with Crippen LogP contribution in [0, 0.1) is 0 Å². The number of carbonyl (C=O) groups is 1. The molecule has 23 heavy (non-hydrogen) atoms. The van der Waals surface area contributed by atoms with Crippen molar-refractivity contribution in [1.82, 2.24) is 10.7 Å². The lowest BCUT2D eigenvalue weighted by atomic mass is 9.87. The van der Waals surface area contributed by atoms with Crippen LogP contribution in [-0.2, 0) is 5.41 Å². The Bertz CT molecular complexity index is 676. The average molecular weight is 327 g/mol. The summed E-state index contributed by atoms with van der Waals surface area (Å²) >= 11 is 5.11. The van der Waals surface area contributed by atoms with E-state index in [0.717, 1.165) is 5.69 Å². The molecule has 120 valence electrons. The molecule has 0 aromatic heterocycles. The summed E-state index contributed by atoms with van der Waals surface area (Å²) in [5, 5.41) is 2.86. The molecule has 0 fully saturated rings. The number of thiocarbonyl (C=S) groups is 1. The number of benzene rings is 2. The number of hydrazine groups is 1. The van der Waals surface area contributed by atoms with Gasteiger partial charge < -0.3 is 0 Å². The standard InChI is InChI=1S/C18H21N3OS/c1-18(2,3)14-11-9-13(10-12-14)16(22)19-17(23)21-20-15-7-5-4-6-8-15/h4-12,20H,1-3H3,(H2,19,21,22,23). The number of amides is 1. The van der Waals surface area contributed by atoms with Gasteiger partial charge >= 0.3 is 0 Å². The Morgan fingerprint density at radius 3 is 2.13 bits per heavy atom. The Hall–Kier alpha value is -2.40. The van der Waals surface area contributed by atoms with Crippen molar-refractivity contribution in [3.8, 4) is 0 Å². The Kier molecular flexibility index (Phi) is 5.34. The van der Waals surface area contributed by atoms with Crippen LogP contribution in [0.15, 0.2) is 54.6 Å². The normalized spacial score (nSPS) is 10.7. The number of rotatable bonds is 3. The number of carbonyl (C=O) groups excluding carboxylic acids is 1. The summed E-state index contributed by atoms with van der Waals surface area (Å²) in [5.41, 5.74) is 8.38. The number of hydrogen-bond acceptors (Lipinski definition) is 3. The van der Waals surface area contributed by atoms with Crippen molar-refractivity contribution in [2.45, 2.75) is 26.2 Å². The van der Waals surface area contributed by atoms with E-state index in [0.29, 0.717) is 5.56 Å². The average Bonchev–Trinajstić information content (AvgIpc) is 2.53. The van der Waals surface area contributed by atoms with E-state index in [9.17, 15) is 4.79 Å². The Morgan fingerprint density at radius 2 is 1.57 bits per heavy atom. The summed E-state index contributed by atoms with van der Waals surface area (Å²) < 4.78 is 0. The molecule has 0 radical (unpaired) electrons. The molecule has 0 aliphatic heterocycles. The molecule has 5 heteroatoms. The van der Waals surface area contributed by atoms with Gasteiger partial charge in [-0.1, -0.05) is 51.1 Å². The van der Waals surface area contributed by atoms with Crippen molar-refractivity contribution in [1.29, 1.82) is 0 Å². The second-order valence-electron chi connectivity index (χ2n) is 6.23. The van der Waals surface area contributed by atoms with Crippen LogP contribution in [0.5, 0.6) is 0 Å². The smallest absolute Gasteiger partial charge is 0.257 e. The number of hydrogen-bond donors (Lipinski definition) is 3. The fourth-order valence-corrected chi connectivity index (χ4v) is 2.12. The Balaban J connectivity index is 1.89. The van der Waals surface area contributed by atoms with E-state index in [-0.39, 0.29) is 16.4 Å². The summed E-state index contributed by atoms with van der Waals surface area (Å²) in [5.74, 6) is -0.238. The maximum atomic E-state index is 12.2. The third kappa shape index (κ3) is 5.07. The molecule has 3 N–H and O–H groups in total. The first-order chi connectivity index (χ1) is 10.9. The molecule has 0 heterocycles. The van der Waals surface area contributed by atoms with E-state index in [2.05, 4.69) is 36.9 Å². The third-order valence-electron chi connectivity index (χ3n) is 3.33. The van der Waals surface area contributed by atoms with E-state index in [1.54, 1.807) is 0 Å². The molecule has 0 atom stereocenters. The first-order valence-corrected chi connectivity index (χ1v) is 7.80. The van der Waals surface area contributed by atoms with E-state index >= 15 is 0 Å². The van der Waals surface area contributed by atoms with Crippen LogP contribution in [0.25, 0.3) is 0 Å². The molecule has 0 saturated heterocycles. The maximum absolute atomic E-state index is 12.2. The minimum atomic E-state index is -0.238. The van der Waals surface area contributed by atoms with Gasteiger partial charge in [0, 0.05) is 5.56 Å². The largest absolute Gasteiger partial charge is 0.299 e. The summed E-state index contributed by atoms with van der Waals surface area (Å²) in [6.45, 7) is 6.41. The van der Waals surface area contributed by atoms with E-state index in [1.807, 2.05) is 54.6 Å². The topological polar surface area (TPSA) is 53.2 Å². The predicted molar refractivity (Wildman–Crippen MR) is 98.4 cm³/mol. The van der Waals surface area contributed by atoms with Crippen LogP contribution in [0.1, 0.15) is 36.7 Å². The fourth-order valence-electron chi connectivity index (χ4n) is 1.98. The lowest BCUT2D eigenvalue weighted by Crippen LogP contribution is -2.41. The highest BCUT2D eigenvalue weighted by molar-refractivity contribution is 7.80. The number of para-hydroxylation sites is 1. The van der Waals surface area contributed by atoms with Gasteiger partial charge in [0.2, 0.25) is 0 Å². The highest BCUT2D eigenvalue weighted by Crippen LogP contribution is 2.22. The van der Waals surface area contributed by atoms with Gasteiger partial charge in [0.25, 0.3) is 5.91 Å². The summed E-state index contributed by atoms with van der Waals surface area (Å²) in [4.78, 5) is 12.2. The second-order valence-corrected chi connectivity index (χ2v) is 6.63. The summed E-state index contributed by atoms with van der Waals surface area (Å²) in [7, 11) is 0. The number of anilines is 1. The fraction of sp³-hybridized carbons (Fsp3) is 0.222. The van der Waals surface area contributed by atoms with Crippen LogP contribution in [-0.4, -0.2) is 11.0 Å². The van der Waals surface area contributed by atoms with Crippen molar-refractivity contribution >= 4 is 28.9 Å². The van der Waals surface area contributed by atoms with Gasteiger partial charge in [-0.25, -0.2) is 0 Å². The molecule has 2 aromatic rings. The zero-order valence-electron chi connectivity index (χ0n) is 13.5. The molecule has 1 amide bonds. The van der Waals surface area contributed by atoms with Gasteiger partial charge in [0.05, 0.1) is 5.69 Å². The van der Waals surface area contributed by atoms with E-state index in [4.69, 9.17) is 12.2 Å². The van der Waals surface area contributed by atoms with Crippen molar-refractivity contribution in [3.05, 3.63) is 65.7 Å².